The molecule has 0 amide bonds. The minimum absolute atomic E-state index is 0.352. The molecule has 1 aromatic heterocycles. The van der Waals surface area contributed by atoms with Crippen LogP contribution in [0.4, 0.5) is 11.4 Å². The Balaban J connectivity index is 1.81. The first-order valence-electron chi connectivity index (χ1n) is 8.69. The standard InChI is InChI=1S/C21H22N2O2S/c1-4-13(2)16-7-5-6-8-18(16)23-21(26)22-15-9-10-17-14(3)11-20(24)25-19(17)12-15/h5-13H,4H2,1-3H3,(H2,22,23,26). The Morgan fingerprint density at radius 3 is 2.69 bits per heavy atom. The lowest BCUT2D eigenvalue weighted by Crippen LogP contribution is -2.20. The SMILES string of the molecule is CCC(C)c1ccccc1NC(=S)Nc1ccc2c(C)cc(=O)oc2c1. The second kappa shape index (κ2) is 7.70. The second-order valence-electron chi connectivity index (χ2n) is 6.44. The van der Waals surface area contributed by atoms with Crippen molar-refractivity contribution in [2.24, 2.45) is 0 Å². The molecule has 4 nitrogen and oxygen atoms in total. The van der Waals surface area contributed by atoms with Gasteiger partial charge in [0.05, 0.1) is 0 Å². The van der Waals surface area contributed by atoms with E-state index >= 15 is 0 Å². The van der Waals surface area contributed by atoms with E-state index in [1.807, 2.05) is 37.3 Å². The largest absolute Gasteiger partial charge is 0.423 e. The number of benzene rings is 2. The first-order valence-corrected chi connectivity index (χ1v) is 9.10. The number of aryl methyl sites for hydroxylation is 1. The van der Waals surface area contributed by atoms with Crippen LogP contribution in [0.1, 0.15) is 37.3 Å². The Bertz CT molecular complexity index is 1010. The lowest BCUT2D eigenvalue weighted by atomic mass is 9.97. The number of fused-ring (bicyclic) bond motifs is 1. The van der Waals surface area contributed by atoms with Crippen molar-refractivity contribution in [3.63, 3.8) is 0 Å². The molecule has 1 unspecified atom stereocenters. The zero-order valence-electron chi connectivity index (χ0n) is 15.1. The molecule has 0 radical (unpaired) electrons. The molecule has 0 spiro atoms. The fourth-order valence-corrected chi connectivity index (χ4v) is 3.18. The molecule has 3 aromatic rings. The molecule has 26 heavy (non-hydrogen) atoms. The molecular weight excluding hydrogens is 344 g/mol. The van der Waals surface area contributed by atoms with Crippen molar-refractivity contribution in [3.05, 3.63) is 70.1 Å². The van der Waals surface area contributed by atoms with E-state index in [0.717, 1.165) is 28.7 Å². The van der Waals surface area contributed by atoms with Crippen molar-refractivity contribution >= 4 is 39.7 Å². The van der Waals surface area contributed by atoms with Crippen LogP contribution in [0.15, 0.2) is 57.7 Å². The molecule has 0 aliphatic heterocycles. The Labute approximate surface area is 158 Å². The van der Waals surface area contributed by atoms with Gasteiger partial charge in [0.1, 0.15) is 5.58 Å². The van der Waals surface area contributed by atoms with Crippen molar-refractivity contribution < 1.29 is 4.42 Å². The molecule has 0 fully saturated rings. The molecule has 0 saturated carbocycles. The lowest BCUT2D eigenvalue weighted by molar-refractivity contribution is 0.560. The molecule has 2 N–H and O–H groups in total. The topological polar surface area (TPSA) is 54.3 Å². The van der Waals surface area contributed by atoms with Crippen LogP contribution >= 0.6 is 12.2 Å². The van der Waals surface area contributed by atoms with Gasteiger partial charge in [-0.2, -0.15) is 0 Å². The van der Waals surface area contributed by atoms with E-state index in [0.29, 0.717) is 16.6 Å². The van der Waals surface area contributed by atoms with Gasteiger partial charge in [-0.25, -0.2) is 4.79 Å². The maximum Gasteiger partial charge on any atom is 0.336 e. The molecule has 1 atom stereocenters. The minimum Gasteiger partial charge on any atom is -0.423 e. The number of hydrogen-bond acceptors (Lipinski definition) is 3. The predicted octanol–water partition coefficient (Wildman–Crippen LogP) is 5.42. The summed E-state index contributed by atoms with van der Waals surface area (Å²) in [6, 6.07) is 15.3. The Kier molecular flexibility index (Phi) is 5.38. The summed E-state index contributed by atoms with van der Waals surface area (Å²) in [6.45, 7) is 6.26. The van der Waals surface area contributed by atoms with Gasteiger partial charge >= 0.3 is 5.63 Å². The summed E-state index contributed by atoms with van der Waals surface area (Å²) in [4.78, 5) is 11.6. The number of anilines is 2. The fourth-order valence-electron chi connectivity index (χ4n) is 2.95. The van der Waals surface area contributed by atoms with Gasteiger partial charge < -0.3 is 15.1 Å². The van der Waals surface area contributed by atoms with Crippen molar-refractivity contribution in [2.45, 2.75) is 33.1 Å². The maximum atomic E-state index is 11.6. The van der Waals surface area contributed by atoms with Crippen LogP contribution in [-0.4, -0.2) is 5.11 Å². The van der Waals surface area contributed by atoms with Crippen LogP contribution in [0.5, 0.6) is 0 Å². The quantitative estimate of drug-likeness (QED) is 0.477. The van der Waals surface area contributed by atoms with Crippen molar-refractivity contribution in [2.75, 3.05) is 10.6 Å². The summed E-state index contributed by atoms with van der Waals surface area (Å²) >= 11 is 5.46. The number of rotatable bonds is 4. The van der Waals surface area contributed by atoms with Crippen molar-refractivity contribution in [1.82, 2.24) is 0 Å². The second-order valence-corrected chi connectivity index (χ2v) is 6.84. The van der Waals surface area contributed by atoms with Gasteiger partial charge in [0.2, 0.25) is 0 Å². The van der Waals surface area contributed by atoms with Crippen molar-refractivity contribution in [3.8, 4) is 0 Å². The third-order valence-electron chi connectivity index (χ3n) is 4.56. The van der Waals surface area contributed by atoms with Gasteiger partial charge in [-0.15, -0.1) is 0 Å². The van der Waals surface area contributed by atoms with Crippen molar-refractivity contribution in [1.29, 1.82) is 0 Å². The van der Waals surface area contributed by atoms with Crippen LogP contribution in [0.3, 0.4) is 0 Å². The van der Waals surface area contributed by atoms with Gasteiger partial charge in [0.25, 0.3) is 0 Å². The summed E-state index contributed by atoms with van der Waals surface area (Å²) in [7, 11) is 0. The smallest absolute Gasteiger partial charge is 0.336 e. The third kappa shape index (κ3) is 3.94. The molecule has 0 bridgehead atoms. The van der Waals surface area contributed by atoms with E-state index in [4.69, 9.17) is 16.6 Å². The van der Waals surface area contributed by atoms with E-state index in [1.54, 1.807) is 6.07 Å². The van der Waals surface area contributed by atoms with Gasteiger partial charge in [0.15, 0.2) is 5.11 Å². The normalized spacial score (nSPS) is 12.0. The van der Waals surface area contributed by atoms with Gasteiger partial charge in [-0.05, 0) is 60.8 Å². The first-order chi connectivity index (χ1) is 12.5. The van der Waals surface area contributed by atoms with Gasteiger partial charge in [-0.3, -0.25) is 0 Å². The molecule has 1 heterocycles. The van der Waals surface area contributed by atoms with Crippen LogP contribution in [0.25, 0.3) is 11.0 Å². The molecule has 0 aliphatic carbocycles. The first kappa shape index (κ1) is 18.1. The van der Waals surface area contributed by atoms with E-state index < -0.39 is 0 Å². The van der Waals surface area contributed by atoms with Crippen LogP contribution < -0.4 is 16.3 Å². The Morgan fingerprint density at radius 1 is 1.15 bits per heavy atom. The molecule has 2 aromatic carbocycles. The van der Waals surface area contributed by atoms with E-state index in [1.165, 1.54) is 11.6 Å². The highest BCUT2D eigenvalue weighted by atomic mass is 32.1. The Hall–Kier alpha value is -2.66. The van der Waals surface area contributed by atoms with Crippen LogP contribution in [-0.2, 0) is 0 Å². The molecule has 5 heteroatoms. The van der Waals surface area contributed by atoms with E-state index in [2.05, 4.69) is 30.5 Å². The van der Waals surface area contributed by atoms with E-state index in [-0.39, 0.29) is 5.63 Å². The summed E-state index contributed by atoms with van der Waals surface area (Å²) in [5, 5.41) is 7.85. The van der Waals surface area contributed by atoms with E-state index in [9.17, 15) is 4.79 Å². The average molecular weight is 366 g/mol. The number of hydrogen-bond donors (Lipinski definition) is 2. The lowest BCUT2D eigenvalue weighted by Gasteiger charge is -2.17. The average Bonchev–Trinajstić information content (AvgIpc) is 2.61. The molecule has 3 rings (SSSR count). The van der Waals surface area contributed by atoms with Crippen LogP contribution in [0, 0.1) is 6.92 Å². The monoisotopic (exact) mass is 366 g/mol. The fraction of sp³-hybridized carbons (Fsp3) is 0.238. The summed E-state index contributed by atoms with van der Waals surface area (Å²) in [5.41, 5.74) is 4.09. The zero-order valence-corrected chi connectivity index (χ0v) is 15.9. The highest BCUT2D eigenvalue weighted by Gasteiger charge is 2.10. The summed E-state index contributed by atoms with van der Waals surface area (Å²) < 4.78 is 5.29. The molecular formula is C21H22N2O2S. The minimum atomic E-state index is -0.352. The summed E-state index contributed by atoms with van der Waals surface area (Å²) in [6.07, 6.45) is 1.06. The zero-order chi connectivity index (χ0) is 18.7. The predicted molar refractivity (Wildman–Crippen MR) is 112 cm³/mol. The number of para-hydroxylation sites is 1. The van der Waals surface area contributed by atoms with Crippen LogP contribution in [0.2, 0.25) is 0 Å². The number of nitrogens with one attached hydrogen (secondary N) is 2. The molecule has 134 valence electrons. The summed E-state index contributed by atoms with van der Waals surface area (Å²) in [5.74, 6) is 0.444. The third-order valence-corrected chi connectivity index (χ3v) is 4.77. The van der Waals surface area contributed by atoms with Gasteiger partial charge in [0, 0.05) is 28.9 Å². The Morgan fingerprint density at radius 2 is 1.92 bits per heavy atom. The highest BCUT2D eigenvalue weighted by molar-refractivity contribution is 7.80. The number of thiocarbonyl (C=S) groups is 1. The van der Waals surface area contributed by atoms with Gasteiger partial charge in [-0.1, -0.05) is 32.0 Å². The molecule has 0 aliphatic rings. The highest BCUT2D eigenvalue weighted by Crippen LogP contribution is 2.27. The molecule has 0 saturated heterocycles. The maximum absolute atomic E-state index is 11.6.